The Kier molecular flexibility index (Phi) is 12.7. The Morgan fingerprint density at radius 3 is 2.44 bits per heavy atom. The number of methoxy groups -OCH3 is 1. The SMILES string of the molecule is COc1ccccc1COCCCOc1ccc(C(=O)N[C@H]2CCNCC2C(=O)N(Cc2cccc(C)c2C)C2CC2)cc1.Cl. The highest BCUT2D eigenvalue weighted by Crippen LogP contribution is 2.32. The number of nitrogens with zero attached hydrogens (tertiary/aromatic N) is 1. The number of nitrogens with one attached hydrogen (secondary N) is 2. The first-order valence-corrected chi connectivity index (χ1v) is 15.7. The maximum Gasteiger partial charge on any atom is 0.251 e. The second kappa shape index (κ2) is 16.6. The van der Waals surface area contributed by atoms with E-state index in [-0.39, 0.29) is 42.2 Å². The molecule has 242 valence electrons. The number of carbonyl (C=O) groups is 2. The molecule has 1 aliphatic heterocycles. The van der Waals surface area contributed by atoms with Crippen molar-refractivity contribution in [3.8, 4) is 11.5 Å². The van der Waals surface area contributed by atoms with Crippen LogP contribution in [0.15, 0.2) is 66.7 Å². The number of benzene rings is 3. The van der Waals surface area contributed by atoms with Gasteiger partial charge in [-0.1, -0.05) is 36.4 Å². The van der Waals surface area contributed by atoms with Gasteiger partial charge in [-0.05, 0) is 86.7 Å². The average molecular weight is 636 g/mol. The molecule has 2 N–H and O–H groups in total. The van der Waals surface area contributed by atoms with E-state index < -0.39 is 0 Å². The van der Waals surface area contributed by atoms with Gasteiger partial charge in [0, 0.05) is 42.7 Å². The molecule has 0 radical (unpaired) electrons. The van der Waals surface area contributed by atoms with E-state index in [9.17, 15) is 9.59 Å². The third kappa shape index (κ3) is 9.22. The molecule has 1 unspecified atom stereocenters. The number of ether oxygens (including phenoxy) is 3. The van der Waals surface area contributed by atoms with Gasteiger partial charge in [-0.25, -0.2) is 0 Å². The quantitative estimate of drug-likeness (QED) is 0.224. The largest absolute Gasteiger partial charge is 0.496 e. The van der Waals surface area contributed by atoms with Gasteiger partial charge in [0.25, 0.3) is 5.91 Å². The molecular weight excluding hydrogens is 590 g/mol. The fraction of sp³-hybridized carbons (Fsp3) is 0.444. The fourth-order valence-corrected chi connectivity index (χ4v) is 5.75. The minimum Gasteiger partial charge on any atom is -0.496 e. The maximum atomic E-state index is 13.9. The van der Waals surface area contributed by atoms with Crippen LogP contribution < -0.4 is 20.1 Å². The Morgan fingerprint density at radius 1 is 0.933 bits per heavy atom. The van der Waals surface area contributed by atoms with Gasteiger partial charge in [0.1, 0.15) is 11.5 Å². The minimum absolute atomic E-state index is 0. The van der Waals surface area contributed by atoms with E-state index in [1.165, 1.54) is 16.7 Å². The van der Waals surface area contributed by atoms with Gasteiger partial charge in [-0.15, -0.1) is 12.4 Å². The number of para-hydroxylation sites is 1. The molecule has 9 heteroatoms. The molecule has 1 saturated carbocycles. The average Bonchev–Trinajstić information content (AvgIpc) is 3.89. The standard InChI is InChI=1S/C36H45N3O5.ClH/c1-25-8-6-10-28(26(25)2)23-39(30-14-15-30)36(41)32-22-37-19-18-33(32)38-35(40)27-12-16-31(17-13-27)44-21-7-20-43-24-29-9-4-5-11-34(29)42-3;/h4-6,8-13,16-17,30,32-33,37H,7,14-15,18-24H2,1-3H3,(H,38,40);1H/t32?,33-;/m0./s1. The number of rotatable bonds is 14. The number of halogens is 1. The normalized spacial score (nSPS) is 17.6. The second-order valence-corrected chi connectivity index (χ2v) is 11.8. The summed E-state index contributed by atoms with van der Waals surface area (Å²) in [6.45, 7) is 7.75. The molecule has 0 bridgehead atoms. The van der Waals surface area contributed by atoms with Crippen LogP contribution >= 0.6 is 12.4 Å². The summed E-state index contributed by atoms with van der Waals surface area (Å²) in [5, 5.41) is 6.56. The monoisotopic (exact) mass is 635 g/mol. The molecule has 1 saturated heterocycles. The summed E-state index contributed by atoms with van der Waals surface area (Å²) in [7, 11) is 1.66. The number of carbonyl (C=O) groups excluding carboxylic acids is 2. The van der Waals surface area contributed by atoms with Crippen molar-refractivity contribution in [2.45, 2.75) is 64.8 Å². The molecule has 1 aliphatic carbocycles. The van der Waals surface area contributed by atoms with Crippen LogP contribution in [0.5, 0.6) is 11.5 Å². The van der Waals surface area contributed by atoms with Crippen LogP contribution in [0.2, 0.25) is 0 Å². The van der Waals surface area contributed by atoms with E-state index in [0.717, 1.165) is 37.1 Å². The van der Waals surface area contributed by atoms with Crippen LogP contribution in [0, 0.1) is 19.8 Å². The fourth-order valence-electron chi connectivity index (χ4n) is 5.75. The molecule has 3 aromatic carbocycles. The van der Waals surface area contributed by atoms with Crippen molar-refractivity contribution in [3.05, 3.63) is 94.5 Å². The van der Waals surface area contributed by atoms with E-state index in [2.05, 4.69) is 42.7 Å². The second-order valence-electron chi connectivity index (χ2n) is 11.8. The Bertz CT molecular complexity index is 1410. The number of amides is 2. The highest BCUT2D eigenvalue weighted by atomic mass is 35.5. The first kappa shape index (κ1) is 34.3. The van der Waals surface area contributed by atoms with Crippen LogP contribution in [-0.4, -0.2) is 62.2 Å². The first-order chi connectivity index (χ1) is 21.4. The van der Waals surface area contributed by atoms with Crippen molar-refractivity contribution in [2.75, 3.05) is 33.4 Å². The number of hydrogen-bond acceptors (Lipinski definition) is 6. The Labute approximate surface area is 273 Å². The summed E-state index contributed by atoms with van der Waals surface area (Å²) in [5.41, 5.74) is 5.24. The van der Waals surface area contributed by atoms with Crippen molar-refractivity contribution >= 4 is 24.2 Å². The van der Waals surface area contributed by atoms with E-state index >= 15 is 0 Å². The van der Waals surface area contributed by atoms with Crippen LogP contribution in [0.1, 0.15) is 58.3 Å². The lowest BCUT2D eigenvalue weighted by Crippen LogP contribution is -2.55. The zero-order chi connectivity index (χ0) is 30.9. The topological polar surface area (TPSA) is 89.1 Å². The summed E-state index contributed by atoms with van der Waals surface area (Å²) in [6.07, 6.45) is 3.53. The lowest BCUT2D eigenvalue weighted by molar-refractivity contribution is -0.138. The van der Waals surface area contributed by atoms with Gasteiger partial charge in [0.05, 0.1) is 32.8 Å². The van der Waals surface area contributed by atoms with Crippen LogP contribution in [0.3, 0.4) is 0 Å². The van der Waals surface area contributed by atoms with Crippen molar-refractivity contribution in [2.24, 2.45) is 5.92 Å². The third-order valence-electron chi connectivity index (χ3n) is 8.71. The van der Waals surface area contributed by atoms with Crippen LogP contribution in [0.25, 0.3) is 0 Å². The van der Waals surface area contributed by atoms with Crippen LogP contribution in [0.4, 0.5) is 0 Å². The predicted molar refractivity (Wildman–Crippen MR) is 178 cm³/mol. The Morgan fingerprint density at radius 2 is 1.69 bits per heavy atom. The lowest BCUT2D eigenvalue weighted by atomic mass is 9.91. The Balaban J connectivity index is 0.00000461. The smallest absolute Gasteiger partial charge is 0.251 e. The minimum atomic E-state index is -0.300. The van der Waals surface area contributed by atoms with Crippen molar-refractivity contribution in [1.82, 2.24) is 15.5 Å². The number of hydrogen-bond donors (Lipinski definition) is 2. The summed E-state index contributed by atoms with van der Waals surface area (Å²) in [6, 6.07) is 21.4. The number of aryl methyl sites for hydroxylation is 1. The molecule has 3 aromatic rings. The van der Waals surface area contributed by atoms with E-state index in [0.29, 0.717) is 50.6 Å². The van der Waals surface area contributed by atoms with Gasteiger partial charge in [-0.3, -0.25) is 9.59 Å². The molecular formula is C36H46ClN3O5. The van der Waals surface area contributed by atoms with Crippen molar-refractivity contribution in [3.63, 3.8) is 0 Å². The molecule has 1 heterocycles. The molecule has 2 fully saturated rings. The third-order valence-corrected chi connectivity index (χ3v) is 8.71. The van der Waals surface area contributed by atoms with Gasteiger partial charge < -0.3 is 29.7 Å². The van der Waals surface area contributed by atoms with Crippen molar-refractivity contribution in [1.29, 1.82) is 0 Å². The first-order valence-electron chi connectivity index (χ1n) is 15.7. The molecule has 45 heavy (non-hydrogen) atoms. The van der Waals surface area contributed by atoms with E-state index in [1.807, 2.05) is 41.3 Å². The van der Waals surface area contributed by atoms with Gasteiger partial charge >= 0.3 is 0 Å². The molecule has 8 nitrogen and oxygen atoms in total. The van der Waals surface area contributed by atoms with Gasteiger partial charge in [0.2, 0.25) is 5.91 Å². The lowest BCUT2D eigenvalue weighted by Gasteiger charge is -2.36. The predicted octanol–water partition coefficient (Wildman–Crippen LogP) is 5.62. The van der Waals surface area contributed by atoms with Crippen molar-refractivity contribution < 1.29 is 23.8 Å². The zero-order valence-electron chi connectivity index (χ0n) is 26.6. The summed E-state index contributed by atoms with van der Waals surface area (Å²) >= 11 is 0. The summed E-state index contributed by atoms with van der Waals surface area (Å²) < 4.78 is 17.0. The van der Waals surface area contributed by atoms with Gasteiger partial charge in [-0.2, -0.15) is 0 Å². The van der Waals surface area contributed by atoms with Crippen LogP contribution in [-0.2, 0) is 22.7 Å². The maximum absolute atomic E-state index is 13.9. The molecule has 2 amide bonds. The molecule has 0 spiro atoms. The highest BCUT2D eigenvalue weighted by Gasteiger charge is 2.40. The van der Waals surface area contributed by atoms with E-state index in [4.69, 9.17) is 14.2 Å². The zero-order valence-corrected chi connectivity index (χ0v) is 27.4. The van der Waals surface area contributed by atoms with Gasteiger partial charge in [0.15, 0.2) is 0 Å². The summed E-state index contributed by atoms with van der Waals surface area (Å²) in [5.74, 6) is 1.18. The molecule has 2 atom stereocenters. The Hall–Kier alpha value is -3.59. The molecule has 5 rings (SSSR count). The molecule has 0 aromatic heterocycles. The summed E-state index contributed by atoms with van der Waals surface area (Å²) in [4.78, 5) is 29.2. The molecule has 2 aliphatic rings. The highest BCUT2D eigenvalue weighted by molar-refractivity contribution is 5.95. The van der Waals surface area contributed by atoms with E-state index in [1.54, 1.807) is 19.2 Å². The number of piperidine rings is 1.